The van der Waals surface area contributed by atoms with Crippen molar-refractivity contribution in [2.24, 2.45) is 0 Å². The number of thiophene rings is 1. The van der Waals surface area contributed by atoms with Crippen LogP contribution in [0.15, 0.2) is 84.4 Å². The summed E-state index contributed by atoms with van der Waals surface area (Å²) in [4.78, 5) is 39.5. The van der Waals surface area contributed by atoms with E-state index in [-0.39, 0.29) is 24.7 Å². The van der Waals surface area contributed by atoms with Crippen molar-refractivity contribution in [3.63, 3.8) is 0 Å². The van der Waals surface area contributed by atoms with Crippen molar-refractivity contribution in [1.82, 2.24) is 24.5 Å². The zero-order valence-electron chi connectivity index (χ0n) is 23.9. The highest BCUT2D eigenvalue weighted by atomic mass is 32.1. The van der Waals surface area contributed by atoms with E-state index < -0.39 is 11.1 Å². The fourth-order valence-corrected chi connectivity index (χ4v) is 7.93. The first-order valence-electron chi connectivity index (χ1n) is 14.9. The number of benzene rings is 2. The van der Waals surface area contributed by atoms with Gasteiger partial charge in [-0.2, -0.15) is 9.61 Å². The number of rotatable bonds is 5. The zero-order valence-corrected chi connectivity index (χ0v) is 24.7. The maximum absolute atomic E-state index is 13.6. The average Bonchev–Trinajstić information content (AvgIpc) is 3.43. The number of hydrogen-bond acceptors (Lipinski definition) is 7. The van der Waals surface area contributed by atoms with Crippen LogP contribution in [0, 0.1) is 0 Å². The lowest BCUT2D eigenvalue weighted by molar-refractivity contribution is -0.118. The van der Waals surface area contributed by atoms with Gasteiger partial charge in [-0.15, -0.1) is 11.3 Å². The van der Waals surface area contributed by atoms with Crippen LogP contribution in [0.1, 0.15) is 70.5 Å². The predicted molar refractivity (Wildman–Crippen MR) is 167 cm³/mol. The predicted octanol–water partition coefficient (Wildman–Crippen LogP) is 6.59. The highest BCUT2D eigenvalue weighted by Gasteiger charge is 2.60. The van der Waals surface area contributed by atoms with Gasteiger partial charge in [-0.05, 0) is 55.0 Å². The van der Waals surface area contributed by atoms with Gasteiger partial charge in [0, 0.05) is 52.4 Å². The van der Waals surface area contributed by atoms with E-state index in [1.807, 2.05) is 41.0 Å². The summed E-state index contributed by atoms with van der Waals surface area (Å²) in [6.07, 6.45) is 4.73. The largest absolute Gasteiger partial charge is 0.390 e. The molecule has 3 aliphatic rings. The third kappa shape index (κ3) is 3.69. The van der Waals surface area contributed by atoms with Gasteiger partial charge in [0.15, 0.2) is 11.3 Å². The number of nitrogens with zero attached hydrogens (tertiary/aromatic N) is 5. The smallest absolute Gasteiger partial charge is 0.262 e. The number of aromatic nitrogens is 4. The van der Waals surface area contributed by atoms with Crippen LogP contribution < -0.4 is 0 Å². The molecule has 2 fully saturated rings. The van der Waals surface area contributed by atoms with Gasteiger partial charge in [-0.25, -0.2) is 9.97 Å². The van der Waals surface area contributed by atoms with Crippen LogP contribution in [0.2, 0.25) is 0 Å². The van der Waals surface area contributed by atoms with Crippen molar-refractivity contribution >= 4 is 39.8 Å². The Kier molecular flexibility index (Phi) is 5.21. The number of fused-ring (bicyclic) bond motifs is 4. The summed E-state index contributed by atoms with van der Waals surface area (Å²) in [5, 5.41) is 18.7. The summed E-state index contributed by atoms with van der Waals surface area (Å²) >= 11 is 1.65. The van der Waals surface area contributed by atoms with E-state index in [9.17, 15) is 14.7 Å². The molecule has 2 aromatic carbocycles. The highest BCUT2D eigenvalue weighted by molar-refractivity contribution is 7.13. The Balaban J connectivity index is 1.17. The molecule has 44 heavy (non-hydrogen) atoms. The maximum Gasteiger partial charge on any atom is 0.262 e. The van der Waals surface area contributed by atoms with Crippen molar-refractivity contribution in [1.29, 1.82) is 0 Å². The molecule has 9 heteroatoms. The Hall–Kier alpha value is -4.73. The molecule has 1 aliphatic heterocycles. The molecule has 0 spiro atoms. The van der Waals surface area contributed by atoms with Crippen molar-refractivity contribution in [3.8, 4) is 21.7 Å². The topological polar surface area (TPSA) is 101 Å². The summed E-state index contributed by atoms with van der Waals surface area (Å²) < 4.78 is 1.85. The molecule has 2 amide bonds. The maximum atomic E-state index is 13.6. The van der Waals surface area contributed by atoms with E-state index >= 15 is 0 Å². The second kappa shape index (κ2) is 8.90. The number of carbonyl (C=O) groups is 2. The molecule has 0 radical (unpaired) electrons. The number of aliphatic hydroxyl groups is 1. The lowest BCUT2D eigenvalue weighted by Crippen LogP contribution is -2.63. The minimum absolute atomic E-state index is 0.271. The molecule has 9 rings (SSSR count). The monoisotopic (exact) mass is 597 g/mol. The number of amides is 2. The molecule has 1 N–H and O–H groups in total. The SMILES string of the molecule is CC1(O)CC(c2ccc(-c3nc4c(cnc5cc(C6CC6)nn54)cc3-c3cccs3)cc2)(N2C(=O)c3ccccc3C2=O)C1. The molecular weight excluding hydrogens is 570 g/mol. The van der Waals surface area contributed by atoms with E-state index in [1.165, 1.54) is 4.90 Å². The van der Waals surface area contributed by atoms with Gasteiger partial charge in [-0.3, -0.25) is 14.5 Å². The number of imide groups is 1. The van der Waals surface area contributed by atoms with Crippen LogP contribution in [0.4, 0.5) is 0 Å². The third-order valence-electron chi connectivity index (χ3n) is 9.32. The van der Waals surface area contributed by atoms with Crippen LogP contribution in [-0.2, 0) is 5.54 Å². The molecule has 2 saturated carbocycles. The molecule has 4 aromatic heterocycles. The Morgan fingerprint density at radius 3 is 2.27 bits per heavy atom. The standard InChI is InChI=1S/C35H27N5O3S/c1-34(43)18-35(19-34,39-32(41)24-5-2-3-6-25(24)33(39)42)23-12-10-21(11-13-23)30-26(28-7-4-14-44-28)15-22-17-36-29-16-27(20-8-9-20)38-40(29)31(22)37-30/h2-7,10-17,20,43H,8-9,18-19H2,1H3. The Morgan fingerprint density at radius 2 is 1.64 bits per heavy atom. The van der Waals surface area contributed by atoms with Crippen LogP contribution in [0.3, 0.4) is 0 Å². The van der Waals surface area contributed by atoms with Crippen LogP contribution >= 0.6 is 11.3 Å². The first-order valence-corrected chi connectivity index (χ1v) is 15.7. The minimum Gasteiger partial charge on any atom is -0.390 e. The average molecular weight is 598 g/mol. The van der Waals surface area contributed by atoms with Gasteiger partial charge >= 0.3 is 0 Å². The van der Waals surface area contributed by atoms with Gasteiger partial charge in [0.25, 0.3) is 11.8 Å². The van der Waals surface area contributed by atoms with Crippen molar-refractivity contribution in [3.05, 3.63) is 107 Å². The van der Waals surface area contributed by atoms with Gasteiger partial charge in [0.05, 0.1) is 33.7 Å². The molecule has 8 nitrogen and oxygen atoms in total. The van der Waals surface area contributed by atoms with Crippen molar-refractivity contribution in [2.75, 3.05) is 0 Å². The summed E-state index contributed by atoms with van der Waals surface area (Å²) in [6.45, 7) is 1.75. The van der Waals surface area contributed by atoms with E-state index in [4.69, 9.17) is 10.1 Å². The molecule has 0 unspecified atom stereocenters. The van der Waals surface area contributed by atoms with Crippen LogP contribution in [0.5, 0.6) is 0 Å². The molecule has 0 saturated heterocycles. The fraction of sp³-hybridized carbons (Fsp3) is 0.229. The van der Waals surface area contributed by atoms with E-state index in [2.05, 4.69) is 28.6 Å². The van der Waals surface area contributed by atoms with E-state index in [0.717, 1.165) is 62.5 Å². The molecule has 0 bridgehead atoms. The number of carbonyl (C=O) groups excluding carboxylic acids is 2. The van der Waals surface area contributed by atoms with E-state index in [1.54, 1.807) is 42.5 Å². The van der Waals surface area contributed by atoms with Gasteiger partial charge in [0.1, 0.15) is 0 Å². The lowest BCUT2D eigenvalue weighted by atomic mass is 9.61. The van der Waals surface area contributed by atoms with Crippen molar-refractivity contribution in [2.45, 2.75) is 49.7 Å². The first kappa shape index (κ1) is 25.7. The third-order valence-corrected chi connectivity index (χ3v) is 10.2. The summed E-state index contributed by atoms with van der Waals surface area (Å²) in [7, 11) is 0. The van der Waals surface area contributed by atoms with Crippen LogP contribution in [-0.4, -0.2) is 47.0 Å². The number of pyridine rings is 1. The quantitative estimate of drug-likeness (QED) is 0.225. The molecule has 6 aromatic rings. The highest BCUT2D eigenvalue weighted by Crippen LogP contribution is 2.54. The van der Waals surface area contributed by atoms with Crippen molar-refractivity contribution < 1.29 is 14.7 Å². The first-order chi connectivity index (χ1) is 21.3. The Morgan fingerprint density at radius 1 is 0.909 bits per heavy atom. The number of hydrogen-bond donors (Lipinski definition) is 1. The van der Waals surface area contributed by atoms with Gasteiger partial charge < -0.3 is 5.11 Å². The summed E-state index contributed by atoms with van der Waals surface area (Å²) in [6, 6.07) is 23.2. The van der Waals surface area contributed by atoms with Crippen LogP contribution in [0.25, 0.3) is 38.4 Å². The van der Waals surface area contributed by atoms with Gasteiger partial charge in [-0.1, -0.05) is 42.5 Å². The fourth-order valence-electron chi connectivity index (χ4n) is 7.19. The minimum atomic E-state index is -0.983. The second-order valence-electron chi connectivity index (χ2n) is 12.6. The van der Waals surface area contributed by atoms with Gasteiger partial charge in [0.2, 0.25) is 0 Å². The molecule has 0 atom stereocenters. The zero-order chi connectivity index (χ0) is 29.8. The molecule has 2 aliphatic carbocycles. The lowest BCUT2D eigenvalue weighted by Gasteiger charge is -2.55. The molecular formula is C35H27N5O3S. The van der Waals surface area contributed by atoms with E-state index in [0.29, 0.717) is 17.0 Å². The Labute approximate surface area is 256 Å². The normalized spacial score (nSPS) is 23.0. The second-order valence-corrected chi connectivity index (χ2v) is 13.5. The summed E-state index contributed by atoms with van der Waals surface area (Å²) in [5.41, 5.74) is 5.03. The molecule has 5 heterocycles. The Bertz CT molecular complexity index is 2120. The molecule has 216 valence electrons. The summed E-state index contributed by atoms with van der Waals surface area (Å²) in [5.74, 6) is -0.126.